The van der Waals surface area contributed by atoms with Crippen LogP contribution in [0, 0.1) is 19.8 Å². The normalized spacial score (nSPS) is 26.3. The number of aromatic hydroxyl groups is 1. The zero-order chi connectivity index (χ0) is 39.9. The van der Waals surface area contributed by atoms with E-state index in [2.05, 4.69) is 20.3 Å². The topological polar surface area (TPSA) is 193 Å². The standard InChI is InChI=1S/C40H49N5O9S2/c1-22(2)53-34-19-32(28-15-16-31(46)24(4)35(28)42-34)54-26-18-30-36(47)43-40(39(50)44-56(51,52)27-13-14-27)20-25(40)10-8-6-5-7-9-11-29(38(49)45(30)21-26)41-37(48)33-17-12-23(3)55-33/h8,10,12,15-17,19,22,25-27,29-30,46H,5-7,9,11,13-14,18,20-21H2,1-4H3,(H,41,48)(H,43,47)(H,44,50)/b10-8-/t25-,26-,29+,30+,40-/m1/s1. The summed E-state index contributed by atoms with van der Waals surface area (Å²) in [5.74, 6) is -2.01. The number of carbonyl (C=O) groups is 4. The molecule has 0 bridgehead atoms. The van der Waals surface area contributed by atoms with E-state index < -0.39 is 62.6 Å². The molecule has 2 aromatic heterocycles. The number of benzene rings is 1. The molecule has 2 saturated carbocycles. The molecule has 3 fully saturated rings. The molecule has 300 valence electrons. The lowest BCUT2D eigenvalue weighted by Gasteiger charge is -2.29. The second kappa shape index (κ2) is 15.7. The average molecular weight is 808 g/mol. The van der Waals surface area contributed by atoms with E-state index in [0.717, 1.165) is 17.7 Å². The fourth-order valence-corrected chi connectivity index (χ4v) is 9.71. The molecule has 16 heteroatoms. The number of sulfonamides is 1. The van der Waals surface area contributed by atoms with E-state index in [1.807, 2.05) is 39.0 Å². The largest absolute Gasteiger partial charge is 0.508 e. The van der Waals surface area contributed by atoms with Crippen molar-refractivity contribution in [1.82, 2.24) is 25.2 Å². The molecular weight excluding hydrogens is 759 g/mol. The van der Waals surface area contributed by atoms with Gasteiger partial charge in [0.15, 0.2) is 0 Å². The van der Waals surface area contributed by atoms with E-state index in [0.29, 0.717) is 59.2 Å². The molecule has 2 aliphatic heterocycles. The molecule has 2 aliphatic carbocycles. The minimum absolute atomic E-state index is 0.0265. The molecule has 0 radical (unpaired) electrons. The fourth-order valence-electron chi connectivity index (χ4n) is 7.58. The van der Waals surface area contributed by atoms with Crippen molar-refractivity contribution < 1.29 is 42.2 Å². The van der Waals surface area contributed by atoms with E-state index in [4.69, 9.17) is 9.47 Å². The predicted octanol–water partition coefficient (Wildman–Crippen LogP) is 4.56. The summed E-state index contributed by atoms with van der Waals surface area (Å²) in [4.78, 5) is 63.9. The summed E-state index contributed by atoms with van der Waals surface area (Å²) < 4.78 is 40.5. The van der Waals surface area contributed by atoms with Gasteiger partial charge in [-0.1, -0.05) is 25.0 Å². The van der Waals surface area contributed by atoms with Gasteiger partial charge in [0.25, 0.3) is 11.8 Å². The minimum Gasteiger partial charge on any atom is -0.508 e. The fraction of sp³-hybridized carbons (Fsp3) is 0.525. The van der Waals surface area contributed by atoms with E-state index in [1.165, 1.54) is 16.2 Å². The molecule has 4 N–H and O–H groups in total. The maximum absolute atomic E-state index is 14.7. The molecular formula is C40H49N5O9S2. The van der Waals surface area contributed by atoms with Crippen LogP contribution in [0.1, 0.15) is 91.7 Å². The first-order valence-electron chi connectivity index (χ1n) is 19.3. The van der Waals surface area contributed by atoms with Crippen molar-refractivity contribution in [3.05, 3.63) is 57.8 Å². The molecule has 4 heterocycles. The second-order valence-electron chi connectivity index (χ2n) is 15.7. The molecule has 14 nitrogen and oxygen atoms in total. The Morgan fingerprint density at radius 2 is 1.88 bits per heavy atom. The molecule has 56 heavy (non-hydrogen) atoms. The number of aryl methyl sites for hydroxylation is 2. The highest BCUT2D eigenvalue weighted by atomic mass is 32.2. The minimum atomic E-state index is -3.91. The van der Waals surface area contributed by atoms with E-state index in [9.17, 15) is 32.7 Å². The Bertz CT molecular complexity index is 2180. The zero-order valence-corrected chi connectivity index (χ0v) is 33.6. The lowest BCUT2D eigenvalue weighted by atomic mass is 10.0. The van der Waals surface area contributed by atoms with Gasteiger partial charge < -0.3 is 30.1 Å². The number of pyridine rings is 1. The number of nitrogens with zero attached hydrogens (tertiary/aromatic N) is 2. The van der Waals surface area contributed by atoms with Crippen LogP contribution in [0.25, 0.3) is 10.9 Å². The maximum atomic E-state index is 14.7. The van der Waals surface area contributed by atoms with Gasteiger partial charge in [0.1, 0.15) is 35.2 Å². The Labute approximate surface area is 330 Å². The summed E-state index contributed by atoms with van der Waals surface area (Å²) in [6.45, 7) is 7.32. The number of amides is 4. The third-order valence-electron chi connectivity index (χ3n) is 10.9. The molecule has 1 saturated heterocycles. The Kier molecular flexibility index (Phi) is 11.1. The van der Waals surface area contributed by atoms with E-state index in [-0.39, 0.29) is 43.0 Å². The summed E-state index contributed by atoms with van der Waals surface area (Å²) in [5.41, 5.74) is -0.527. The zero-order valence-electron chi connectivity index (χ0n) is 32.0. The van der Waals surface area contributed by atoms with Crippen molar-refractivity contribution in [2.24, 2.45) is 5.92 Å². The van der Waals surface area contributed by atoms with Gasteiger partial charge >= 0.3 is 0 Å². The Hall–Kier alpha value is -4.70. The van der Waals surface area contributed by atoms with Gasteiger partial charge in [0, 0.05) is 34.2 Å². The summed E-state index contributed by atoms with van der Waals surface area (Å²) in [6, 6.07) is 6.35. The van der Waals surface area contributed by atoms with Gasteiger partial charge in [0.2, 0.25) is 27.7 Å². The molecule has 4 aliphatic rings. The van der Waals surface area contributed by atoms with Gasteiger partial charge in [-0.2, -0.15) is 0 Å². The molecule has 5 atom stereocenters. The van der Waals surface area contributed by atoms with Crippen LogP contribution in [-0.4, -0.2) is 88.7 Å². The van der Waals surface area contributed by atoms with Crippen molar-refractivity contribution >= 4 is 55.9 Å². The van der Waals surface area contributed by atoms with Crippen LogP contribution in [0.3, 0.4) is 0 Å². The molecule has 7 rings (SSSR count). The van der Waals surface area contributed by atoms with Gasteiger partial charge in [-0.05, 0) is 90.5 Å². The van der Waals surface area contributed by atoms with Crippen molar-refractivity contribution in [3.8, 4) is 17.4 Å². The number of phenols is 1. The first-order valence-corrected chi connectivity index (χ1v) is 21.7. The Balaban J connectivity index is 1.23. The molecule has 3 aromatic rings. The van der Waals surface area contributed by atoms with Gasteiger partial charge in [-0.15, -0.1) is 11.3 Å². The summed E-state index contributed by atoms with van der Waals surface area (Å²) in [5, 5.41) is 16.3. The number of hydrogen-bond donors (Lipinski definition) is 4. The predicted molar refractivity (Wildman–Crippen MR) is 210 cm³/mol. The average Bonchev–Trinajstić information content (AvgIpc) is 4.03. The van der Waals surface area contributed by atoms with Crippen molar-refractivity contribution in [3.63, 3.8) is 0 Å². The van der Waals surface area contributed by atoms with Gasteiger partial charge in [-0.3, -0.25) is 23.9 Å². The van der Waals surface area contributed by atoms with Crippen LogP contribution in [0.15, 0.2) is 42.5 Å². The van der Waals surface area contributed by atoms with Crippen LogP contribution in [-0.2, 0) is 24.4 Å². The second-order valence-corrected chi connectivity index (χ2v) is 18.9. The lowest BCUT2D eigenvalue weighted by Crippen LogP contribution is -2.58. The van der Waals surface area contributed by atoms with Crippen LogP contribution in [0.4, 0.5) is 0 Å². The third kappa shape index (κ3) is 8.36. The number of aromatic nitrogens is 1. The van der Waals surface area contributed by atoms with E-state index in [1.54, 1.807) is 31.2 Å². The SMILES string of the molecule is Cc1ccc(C(=O)N[C@H]2CCCCC/C=C\[C@@H]3C[C@@]3(C(=O)NS(=O)(=O)C3CC3)NC(=O)[C@@H]3C[C@@H](Oc4cc(OC(C)C)nc5c(C)c(O)ccc45)CN3C2=O)s1. The van der Waals surface area contributed by atoms with Gasteiger partial charge in [0.05, 0.1) is 28.3 Å². The van der Waals surface area contributed by atoms with Crippen LogP contribution < -0.4 is 24.8 Å². The number of ether oxygens (including phenoxy) is 2. The Morgan fingerprint density at radius 1 is 1.09 bits per heavy atom. The number of thiophene rings is 1. The van der Waals surface area contributed by atoms with Crippen molar-refractivity contribution in [2.45, 2.75) is 121 Å². The quantitative estimate of drug-likeness (QED) is 0.223. The number of nitrogens with one attached hydrogen (secondary N) is 3. The first-order chi connectivity index (χ1) is 26.6. The van der Waals surface area contributed by atoms with E-state index >= 15 is 0 Å². The monoisotopic (exact) mass is 807 g/mol. The number of allylic oxidation sites excluding steroid dienone is 1. The third-order valence-corrected chi connectivity index (χ3v) is 13.7. The molecule has 1 aromatic carbocycles. The summed E-state index contributed by atoms with van der Waals surface area (Å²) in [7, 11) is -3.91. The smallest absolute Gasteiger partial charge is 0.262 e. The van der Waals surface area contributed by atoms with Crippen LogP contribution in [0.2, 0.25) is 0 Å². The molecule has 0 spiro atoms. The maximum Gasteiger partial charge on any atom is 0.262 e. The number of hydrogen-bond acceptors (Lipinski definition) is 11. The molecule has 0 unspecified atom stereocenters. The van der Waals surface area contributed by atoms with Gasteiger partial charge in [-0.25, -0.2) is 13.4 Å². The van der Waals surface area contributed by atoms with Crippen molar-refractivity contribution in [1.29, 1.82) is 0 Å². The number of carbonyl (C=O) groups excluding carboxylic acids is 4. The highest BCUT2D eigenvalue weighted by Gasteiger charge is 2.62. The first kappa shape index (κ1) is 39.5. The number of rotatable bonds is 9. The Morgan fingerprint density at radius 3 is 2.59 bits per heavy atom. The molecule has 4 amide bonds. The highest BCUT2D eigenvalue weighted by Crippen LogP contribution is 2.46. The number of fused-ring (bicyclic) bond motifs is 3. The lowest BCUT2D eigenvalue weighted by molar-refractivity contribution is -0.141. The highest BCUT2D eigenvalue weighted by molar-refractivity contribution is 7.91. The summed E-state index contributed by atoms with van der Waals surface area (Å²) >= 11 is 1.32. The van der Waals surface area contributed by atoms with Crippen LogP contribution >= 0.6 is 11.3 Å². The number of phenolic OH excluding ortho intramolecular Hbond substituents is 1. The van der Waals surface area contributed by atoms with Crippen LogP contribution in [0.5, 0.6) is 17.4 Å². The van der Waals surface area contributed by atoms with Crippen molar-refractivity contribution in [2.75, 3.05) is 6.54 Å². The summed E-state index contributed by atoms with van der Waals surface area (Å²) in [6.07, 6.45) is 7.29.